The highest BCUT2D eigenvalue weighted by molar-refractivity contribution is 7.47. The molecule has 0 saturated heterocycles. The number of para-hydroxylation sites is 2. The van der Waals surface area contributed by atoms with Gasteiger partial charge in [0.25, 0.3) is 0 Å². The molecule has 0 atom stereocenters. The maximum atomic E-state index is 13.3. The lowest BCUT2D eigenvalue weighted by molar-refractivity contribution is -0.536. The summed E-state index contributed by atoms with van der Waals surface area (Å²) in [6, 6.07) is 23.4. The highest BCUT2D eigenvalue weighted by Gasteiger charge is 2.41. The van der Waals surface area contributed by atoms with Gasteiger partial charge in [0.15, 0.2) is 12.4 Å². The Morgan fingerprint density at radius 2 is 1.05 bits per heavy atom. The highest BCUT2D eigenvalue weighted by atomic mass is 31.2. The summed E-state index contributed by atoms with van der Waals surface area (Å²) in [5.41, 5.74) is 0. The zero-order chi connectivity index (χ0) is 15.3. The Kier molecular flexibility index (Phi) is 4.22. The molecule has 0 amide bonds. The van der Waals surface area contributed by atoms with Crippen LogP contribution in [0.15, 0.2) is 91.3 Å². The van der Waals surface area contributed by atoms with Crippen LogP contribution < -0.4 is 13.4 Å². The Morgan fingerprint density at radius 1 is 0.636 bits per heavy atom. The van der Waals surface area contributed by atoms with E-state index in [0.717, 1.165) is 0 Å². The van der Waals surface area contributed by atoms with Crippen LogP contribution >= 0.6 is 7.75 Å². The minimum Gasteiger partial charge on any atom is -0.365 e. The van der Waals surface area contributed by atoms with Crippen molar-refractivity contribution in [3.05, 3.63) is 91.3 Å². The molecule has 110 valence electrons. The van der Waals surface area contributed by atoms with Gasteiger partial charge in [0.2, 0.25) is 0 Å². The Bertz CT molecular complexity index is 718. The molecule has 3 rings (SSSR count). The van der Waals surface area contributed by atoms with Gasteiger partial charge >= 0.3 is 7.75 Å². The van der Waals surface area contributed by atoms with Gasteiger partial charge < -0.3 is 9.05 Å². The van der Waals surface area contributed by atoms with E-state index in [4.69, 9.17) is 9.05 Å². The van der Waals surface area contributed by atoms with Crippen LogP contribution in [-0.4, -0.2) is 0 Å². The van der Waals surface area contributed by atoms with E-state index in [9.17, 15) is 4.57 Å². The lowest BCUT2D eigenvalue weighted by Gasteiger charge is -2.13. The minimum absolute atomic E-state index is 0.484. The predicted octanol–water partition coefficient (Wildman–Crippen LogP) is 4.09. The van der Waals surface area contributed by atoms with E-state index >= 15 is 0 Å². The second kappa shape index (κ2) is 6.46. The zero-order valence-corrected chi connectivity index (χ0v) is 12.7. The van der Waals surface area contributed by atoms with Crippen molar-refractivity contribution in [2.24, 2.45) is 0 Å². The number of hydrogen-bond acceptors (Lipinski definition) is 3. The van der Waals surface area contributed by atoms with Crippen LogP contribution in [-0.2, 0) is 4.57 Å². The van der Waals surface area contributed by atoms with Gasteiger partial charge in [-0.15, -0.1) is 0 Å². The van der Waals surface area contributed by atoms with Gasteiger partial charge in [-0.1, -0.05) is 46.8 Å². The molecule has 2 aromatic carbocycles. The van der Waals surface area contributed by atoms with Gasteiger partial charge in [-0.3, -0.25) is 0 Å². The molecule has 0 unspecified atom stereocenters. The fourth-order valence-corrected chi connectivity index (χ4v) is 3.38. The summed E-state index contributed by atoms with van der Waals surface area (Å²) in [6.07, 6.45) is 3.32. The predicted molar refractivity (Wildman–Crippen MR) is 83.8 cm³/mol. The molecule has 22 heavy (non-hydrogen) atoms. The Labute approximate surface area is 129 Å². The van der Waals surface area contributed by atoms with Gasteiger partial charge in [-0.05, 0) is 24.3 Å². The molecule has 0 radical (unpaired) electrons. The first-order chi connectivity index (χ1) is 10.8. The molecule has 1 heterocycles. The second-order valence-electron chi connectivity index (χ2n) is 4.53. The summed E-state index contributed by atoms with van der Waals surface area (Å²) < 4.78 is 26.1. The number of pyridine rings is 1. The van der Waals surface area contributed by atoms with Crippen molar-refractivity contribution in [2.45, 2.75) is 0 Å². The van der Waals surface area contributed by atoms with Crippen LogP contribution in [0, 0.1) is 0 Å². The molecule has 0 bridgehead atoms. The van der Waals surface area contributed by atoms with Crippen LogP contribution in [0.3, 0.4) is 0 Å². The summed E-state index contributed by atoms with van der Waals surface area (Å²) in [5.74, 6) is 0.969. The van der Waals surface area contributed by atoms with Gasteiger partial charge in [0.1, 0.15) is 11.5 Å². The molecule has 0 aliphatic rings. The number of benzene rings is 2. The molecule has 3 aromatic rings. The van der Waals surface area contributed by atoms with E-state index in [1.807, 2.05) is 42.5 Å². The average molecular weight is 312 g/mol. The number of rotatable bonds is 5. The summed E-state index contributed by atoms with van der Waals surface area (Å²) in [5, 5.41) is 0. The van der Waals surface area contributed by atoms with Crippen LogP contribution in [0.4, 0.5) is 0 Å². The second-order valence-corrected chi connectivity index (χ2v) is 6.30. The van der Waals surface area contributed by atoms with Crippen molar-refractivity contribution in [1.82, 2.24) is 0 Å². The van der Waals surface area contributed by atoms with Gasteiger partial charge in [-0.2, -0.15) is 4.57 Å². The summed E-state index contributed by atoms with van der Waals surface area (Å²) in [7, 11) is -3.60. The molecule has 5 heteroatoms. The lowest BCUT2D eigenvalue weighted by Crippen LogP contribution is -2.34. The average Bonchev–Trinajstić information content (AvgIpc) is 2.57. The lowest BCUT2D eigenvalue weighted by atomic mass is 10.3. The molecule has 0 aliphatic heterocycles. The fourth-order valence-electron chi connectivity index (χ4n) is 1.89. The monoisotopic (exact) mass is 312 g/mol. The van der Waals surface area contributed by atoms with E-state index in [1.54, 1.807) is 48.8 Å². The maximum absolute atomic E-state index is 13.3. The Balaban J connectivity index is 1.97. The first-order valence-corrected chi connectivity index (χ1v) is 8.32. The molecule has 0 aliphatic carbocycles. The van der Waals surface area contributed by atoms with Crippen molar-refractivity contribution in [3.8, 4) is 11.5 Å². The van der Waals surface area contributed by atoms with Crippen LogP contribution in [0.5, 0.6) is 11.5 Å². The molecule has 1 aromatic heterocycles. The van der Waals surface area contributed by atoms with Crippen LogP contribution in [0.2, 0.25) is 0 Å². The standard InChI is InChI=1S/C17H15NO3P/c19-22(18-14-8-3-9-15-18,20-16-10-4-1-5-11-16)21-17-12-6-2-7-13-17/h1-15H/q+1. The third-order valence-corrected chi connectivity index (χ3v) is 4.63. The van der Waals surface area contributed by atoms with E-state index < -0.39 is 7.75 Å². The number of nitrogens with zero attached hydrogens (tertiary/aromatic N) is 1. The van der Waals surface area contributed by atoms with Gasteiger partial charge in [0.05, 0.1) is 0 Å². The quantitative estimate of drug-likeness (QED) is 0.666. The first-order valence-electron chi connectivity index (χ1n) is 6.83. The molecular formula is C17H15NO3P+. The van der Waals surface area contributed by atoms with Crippen molar-refractivity contribution >= 4 is 7.75 Å². The fraction of sp³-hybridized carbons (Fsp3) is 0. The molecular weight excluding hydrogens is 297 g/mol. The number of hydrogen-bond donors (Lipinski definition) is 0. The largest absolute Gasteiger partial charge is 0.728 e. The molecule has 4 nitrogen and oxygen atoms in total. The van der Waals surface area contributed by atoms with Crippen LogP contribution in [0.25, 0.3) is 0 Å². The van der Waals surface area contributed by atoms with E-state index in [-0.39, 0.29) is 0 Å². The molecule has 0 saturated carbocycles. The summed E-state index contributed by atoms with van der Waals surface area (Å²) in [4.78, 5) is 0. The SMILES string of the molecule is O=P(Oc1ccccc1)(Oc1ccccc1)[n+]1ccccc1. The molecule has 0 N–H and O–H groups in total. The Morgan fingerprint density at radius 3 is 1.50 bits per heavy atom. The van der Waals surface area contributed by atoms with Crippen LogP contribution in [0.1, 0.15) is 0 Å². The van der Waals surface area contributed by atoms with Gasteiger partial charge in [-0.25, -0.2) is 0 Å². The van der Waals surface area contributed by atoms with E-state index in [2.05, 4.69) is 0 Å². The normalized spacial score (nSPS) is 10.9. The minimum atomic E-state index is -3.60. The smallest absolute Gasteiger partial charge is 0.365 e. The summed E-state index contributed by atoms with van der Waals surface area (Å²) >= 11 is 0. The third kappa shape index (κ3) is 3.35. The topological polar surface area (TPSA) is 39.4 Å². The first kappa shape index (κ1) is 14.4. The van der Waals surface area contributed by atoms with Crippen molar-refractivity contribution < 1.29 is 18.0 Å². The summed E-state index contributed by atoms with van der Waals surface area (Å²) in [6.45, 7) is 0. The van der Waals surface area contributed by atoms with E-state index in [0.29, 0.717) is 11.5 Å². The van der Waals surface area contributed by atoms with Gasteiger partial charge in [0, 0.05) is 12.1 Å². The third-order valence-electron chi connectivity index (χ3n) is 2.91. The van der Waals surface area contributed by atoms with Crippen molar-refractivity contribution in [2.75, 3.05) is 0 Å². The molecule has 0 fully saturated rings. The zero-order valence-electron chi connectivity index (χ0n) is 11.8. The maximum Gasteiger partial charge on any atom is 0.728 e. The van der Waals surface area contributed by atoms with Crippen molar-refractivity contribution in [1.29, 1.82) is 0 Å². The Hall–Kier alpha value is -2.58. The van der Waals surface area contributed by atoms with Crippen molar-refractivity contribution in [3.63, 3.8) is 0 Å². The highest BCUT2D eigenvalue weighted by Crippen LogP contribution is 2.43. The number of aromatic nitrogens is 1. The molecule has 0 spiro atoms. The van der Waals surface area contributed by atoms with E-state index in [1.165, 1.54) is 4.34 Å².